The normalized spacial score (nSPS) is 12.7. The first-order valence-electron chi connectivity index (χ1n) is 4.85. The van der Waals surface area contributed by atoms with E-state index in [2.05, 4.69) is 9.97 Å². The third-order valence-electron chi connectivity index (χ3n) is 2.20. The standard InChI is InChI=1S/C11H11ClN2OS/c1-7-14-9(6-16-7)4-10(15)8-2-3-11(12)13-5-8/h2-3,5-6,10,15H,4H2,1H3. The molecule has 1 atom stereocenters. The fourth-order valence-electron chi connectivity index (χ4n) is 1.40. The van der Waals surface area contributed by atoms with Crippen LogP contribution in [0, 0.1) is 6.92 Å². The molecular formula is C11H11ClN2OS. The van der Waals surface area contributed by atoms with E-state index < -0.39 is 6.10 Å². The summed E-state index contributed by atoms with van der Waals surface area (Å²) >= 11 is 7.26. The zero-order valence-corrected chi connectivity index (χ0v) is 10.3. The van der Waals surface area contributed by atoms with Gasteiger partial charge in [-0.15, -0.1) is 11.3 Å². The van der Waals surface area contributed by atoms with Crippen LogP contribution >= 0.6 is 22.9 Å². The molecule has 0 aliphatic heterocycles. The summed E-state index contributed by atoms with van der Waals surface area (Å²) in [5.41, 5.74) is 1.67. The minimum Gasteiger partial charge on any atom is -0.388 e. The van der Waals surface area contributed by atoms with Crippen molar-refractivity contribution in [3.63, 3.8) is 0 Å². The number of aromatic nitrogens is 2. The number of nitrogens with zero attached hydrogens (tertiary/aromatic N) is 2. The predicted octanol–water partition coefficient (Wildman–Crippen LogP) is 2.78. The van der Waals surface area contributed by atoms with E-state index in [0.29, 0.717) is 11.6 Å². The minimum absolute atomic E-state index is 0.431. The molecule has 0 bridgehead atoms. The van der Waals surface area contributed by atoms with Crippen molar-refractivity contribution in [1.29, 1.82) is 0 Å². The van der Waals surface area contributed by atoms with Crippen LogP contribution in [0.4, 0.5) is 0 Å². The second-order valence-electron chi connectivity index (χ2n) is 3.49. The van der Waals surface area contributed by atoms with Gasteiger partial charge in [-0.05, 0) is 18.6 Å². The van der Waals surface area contributed by atoms with Gasteiger partial charge >= 0.3 is 0 Å². The maximum atomic E-state index is 9.96. The average Bonchev–Trinajstić information content (AvgIpc) is 2.65. The van der Waals surface area contributed by atoms with Crippen molar-refractivity contribution in [3.05, 3.63) is 45.1 Å². The highest BCUT2D eigenvalue weighted by atomic mass is 35.5. The van der Waals surface area contributed by atoms with Gasteiger partial charge in [0.05, 0.1) is 16.8 Å². The number of hydrogen-bond acceptors (Lipinski definition) is 4. The van der Waals surface area contributed by atoms with E-state index in [0.717, 1.165) is 16.3 Å². The Morgan fingerprint density at radius 2 is 2.31 bits per heavy atom. The molecule has 0 aliphatic carbocycles. The molecule has 0 aromatic carbocycles. The lowest BCUT2D eigenvalue weighted by Crippen LogP contribution is -2.02. The summed E-state index contributed by atoms with van der Waals surface area (Å²) in [5.74, 6) is 0. The van der Waals surface area contributed by atoms with E-state index in [4.69, 9.17) is 11.6 Å². The van der Waals surface area contributed by atoms with Crippen LogP contribution in [0.25, 0.3) is 0 Å². The van der Waals surface area contributed by atoms with Crippen molar-refractivity contribution >= 4 is 22.9 Å². The first-order chi connectivity index (χ1) is 7.65. The Bertz CT molecular complexity index is 469. The molecule has 0 amide bonds. The summed E-state index contributed by atoms with van der Waals surface area (Å²) in [7, 11) is 0. The van der Waals surface area contributed by atoms with Crippen LogP contribution < -0.4 is 0 Å². The average molecular weight is 255 g/mol. The number of pyridine rings is 1. The van der Waals surface area contributed by atoms with Gasteiger partial charge in [-0.25, -0.2) is 9.97 Å². The summed E-state index contributed by atoms with van der Waals surface area (Å²) < 4.78 is 0. The number of hydrogen-bond donors (Lipinski definition) is 1. The molecule has 2 rings (SSSR count). The summed E-state index contributed by atoms with van der Waals surface area (Å²) in [6.07, 6.45) is 1.52. The molecule has 1 N–H and O–H groups in total. The molecule has 0 spiro atoms. The van der Waals surface area contributed by atoms with Gasteiger partial charge in [-0.1, -0.05) is 17.7 Å². The van der Waals surface area contributed by atoms with Crippen molar-refractivity contribution in [2.75, 3.05) is 0 Å². The third kappa shape index (κ3) is 2.78. The topological polar surface area (TPSA) is 46.0 Å². The highest BCUT2D eigenvalue weighted by Crippen LogP contribution is 2.19. The predicted molar refractivity (Wildman–Crippen MR) is 64.8 cm³/mol. The number of aliphatic hydroxyl groups excluding tert-OH is 1. The van der Waals surface area contributed by atoms with Crippen molar-refractivity contribution in [2.45, 2.75) is 19.4 Å². The van der Waals surface area contributed by atoms with Gasteiger partial charge in [0.15, 0.2) is 0 Å². The van der Waals surface area contributed by atoms with Gasteiger partial charge in [0, 0.05) is 18.0 Å². The summed E-state index contributed by atoms with van der Waals surface area (Å²) in [5, 5.41) is 13.4. The molecule has 0 radical (unpaired) electrons. The molecule has 16 heavy (non-hydrogen) atoms. The molecule has 0 fully saturated rings. The molecule has 0 aliphatic rings. The van der Waals surface area contributed by atoms with Crippen LogP contribution in [0.5, 0.6) is 0 Å². The Hall–Kier alpha value is -0.970. The molecule has 1 unspecified atom stereocenters. The van der Waals surface area contributed by atoms with Gasteiger partial charge in [0.1, 0.15) is 5.15 Å². The van der Waals surface area contributed by atoms with Crippen molar-refractivity contribution in [3.8, 4) is 0 Å². The molecule has 3 nitrogen and oxygen atoms in total. The maximum absolute atomic E-state index is 9.96. The highest BCUT2D eigenvalue weighted by Gasteiger charge is 2.10. The van der Waals surface area contributed by atoms with Crippen LogP contribution in [0.3, 0.4) is 0 Å². The van der Waals surface area contributed by atoms with Crippen LogP contribution in [0.2, 0.25) is 5.15 Å². The summed E-state index contributed by atoms with van der Waals surface area (Å²) in [4.78, 5) is 8.24. The van der Waals surface area contributed by atoms with Crippen LogP contribution in [-0.4, -0.2) is 15.1 Å². The second-order valence-corrected chi connectivity index (χ2v) is 4.94. The summed E-state index contributed by atoms with van der Waals surface area (Å²) in [6, 6.07) is 3.45. The Kier molecular flexibility index (Phi) is 3.53. The monoisotopic (exact) mass is 254 g/mol. The van der Waals surface area contributed by atoms with E-state index in [-0.39, 0.29) is 0 Å². The number of halogens is 1. The Labute approximate surface area is 103 Å². The van der Waals surface area contributed by atoms with Gasteiger partial charge in [0.2, 0.25) is 0 Å². The lowest BCUT2D eigenvalue weighted by Gasteiger charge is -2.08. The first-order valence-corrected chi connectivity index (χ1v) is 6.11. The largest absolute Gasteiger partial charge is 0.388 e. The van der Waals surface area contributed by atoms with Crippen LogP contribution in [0.1, 0.15) is 22.4 Å². The molecule has 0 saturated heterocycles. The molecule has 5 heteroatoms. The molecule has 2 heterocycles. The SMILES string of the molecule is Cc1nc(CC(O)c2ccc(Cl)nc2)cs1. The van der Waals surface area contributed by atoms with Crippen LogP contribution in [0.15, 0.2) is 23.7 Å². The molecule has 2 aromatic rings. The third-order valence-corrected chi connectivity index (χ3v) is 3.25. The van der Waals surface area contributed by atoms with Gasteiger partial charge in [-0.2, -0.15) is 0 Å². The Balaban J connectivity index is 2.08. The minimum atomic E-state index is -0.578. The zero-order chi connectivity index (χ0) is 11.5. The van der Waals surface area contributed by atoms with E-state index in [1.165, 1.54) is 0 Å². The quantitative estimate of drug-likeness (QED) is 0.857. The maximum Gasteiger partial charge on any atom is 0.129 e. The number of aliphatic hydroxyl groups is 1. The Morgan fingerprint density at radius 1 is 1.50 bits per heavy atom. The number of thiazole rings is 1. The number of rotatable bonds is 3. The molecule has 84 valence electrons. The second kappa shape index (κ2) is 4.91. The smallest absolute Gasteiger partial charge is 0.129 e. The first kappa shape index (κ1) is 11.5. The lowest BCUT2D eigenvalue weighted by molar-refractivity contribution is 0.177. The lowest BCUT2D eigenvalue weighted by atomic mass is 10.1. The summed E-state index contributed by atoms with van der Waals surface area (Å²) in [6.45, 7) is 1.95. The van der Waals surface area contributed by atoms with Gasteiger partial charge in [-0.3, -0.25) is 0 Å². The molecular weight excluding hydrogens is 244 g/mol. The van der Waals surface area contributed by atoms with E-state index in [1.54, 1.807) is 29.7 Å². The van der Waals surface area contributed by atoms with Crippen molar-refractivity contribution in [2.24, 2.45) is 0 Å². The van der Waals surface area contributed by atoms with E-state index in [9.17, 15) is 5.11 Å². The fraction of sp³-hybridized carbons (Fsp3) is 0.273. The number of aryl methyl sites for hydroxylation is 1. The van der Waals surface area contributed by atoms with Gasteiger partial charge in [0.25, 0.3) is 0 Å². The van der Waals surface area contributed by atoms with Crippen LogP contribution in [-0.2, 0) is 6.42 Å². The van der Waals surface area contributed by atoms with E-state index in [1.807, 2.05) is 12.3 Å². The fourth-order valence-corrected chi connectivity index (χ4v) is 2.14. The Morgan fingerprint density at radius 3 is 2.88 bits per heavy atom. The van der Waals surface area contributed by atoms with Crippen molar-refractivity contribution in [1.82, 2.24) is 9.97 Å². The van der Waals surface area contributed by atoms with E-state index >= 15 is 0 Å². The van der Waals surface area contributed by atoms with Gasteiger partial charge < -0.3 is 5.11 Å². The van der Waals surface area contributed by atoms with Crippen molar-refractivity contribution < 1.29 is 5.11 Å². The molecule has 2 aromatic heterocycles. The zero-order valence-electron chi connectivity index (χ0n) is 8.72. The highest BCUT2D eigenvalue weighted by molar-refractivity contribution is 7.09. The molecule has 0 saturated carbocycles.